The van der Waals surface area contributed by atoms with Crippen molar-refractivity contribution in [3.63, 3.8) is 0 Å². The van der Waals surface area contributed by atoms with Gasteiger partial charge >= 0.3 is 0 Å². The Hall–Kier alpha value is -3.91. The van der Waals surface area contributed by atoms with Crippen LogP contribution in [-0.4, -0.2) is 0 Å². The first-order valence-electron chi connectivity index (χ1n) is 12.0. The van der Waals surface area contributed by atoms with Crippen LogP contribution in [0.15, 0.2) is 140 Å². The third-order valence-electron chi connectivity index (χ3n) is 6.37. The molecule has 1 heterocycles. The SMILES string of the molecule is Clc1cccc(-c2ccc(-c3sc(-c4ccccc4)c(-c4ccccc4)c3-c3ccccc3)cc2)c1. The summed E-state index contributed by atoms with van der Waals surface area (Å²) in [5.41, 5.74) is 9.75. The highest BCUT2D eigenvalue weighted by Gasteiger charge is 2.23. The molecule has 6 aromatic rings. The van der Waals surface area contributed by atoms with E-state index in [0.29, 0.717) is 0 Å². The van der Waals surface area contributed by atoms with Gasteiger partial charge < -0.3 is 0 Å². The Kier molecular flexibility index (Phi) is 6.26. The molecule has 6 rings (SSSR count). The monoisotopic (exact) mass is 498 g/mol. The quantitative estimate of drug-likeness (QED) is 0.221. The van der Waals surface area contributed by atoms with E-state index in [1.807, 2.05) is 29.5 Å². The summed E-state index contributed by atoms with van der Waals surface area (Å²) in [6.07, 6.45) is 0. The maximum Gasteiger partial charge on any atom is 0.0434 e. The number of hydrogen-bond donors (Lipinski definition) is 0. The van der Waals surface area contributed by atoms with Gasteiger partial charge in [0.15, 0.2) is 0 Å². The summed E-state index contributed by atoms with van der Waals surface area (Å²) in [6.45, 7) is 0. The van der Waals surface area contributed by atoms with Gasteiger partial charge in [0.2, 0.25) is 0 Å². The van der Waals surface area contributed by atoms with E-state index in [-0.39, 0.29) is 0 Å². The molecule has 0 nitrogen and oxygen atoms in total. The molecule has 0 fully saturated rings. The molecule has 172 valence electrons. The fourth-order valence-corrected chi connectivity index (χ4v) is 6.22. The molecule has 0 aliphatic carbocycles. The molecule has 5 aromatic carbocycles. The van der Waals surface area contributed by atoms with E-state index in [4.69, 9.17) is 11.6 Å². The maximum atomic E-state index is 6.25. The van der Waals surface area contributed by atoms with Gasteiger partial charge in [0.25, 0.3) is 0 Å². The number of benzene rings is 5. The minimum absolute atomic E-state index is 0.751. The van der Waals surface area contributed by atoms with Crippen molar-refractivity contribution in [1.29, 1.82) is 0 Å². The van der Waals surface area contributed by atoms with Gasteiger partial charge in [0.1, 0.15) is 0 Å². The predicted molar refractivity (Wildman–Crippen MR) is 157 cm³/mol. The van der Waals surface area contributed by atoms with Crippen molar-refractivity contribution in [1.82, 2.24) is 0 Å². The minimum Gasteiger partial charge on any atom is -0.134 e. The second kappa shape index (κ2) is 9.99. The topological polar surface area (TPSA) is 0 Å². The molecule has 0 N–H and O–H groups in total. The van der Waals surface area contributed by atoms with Crippen LogP contribution in [0.5, 0.6) is 0 Å². The Morgan fingerprint density at radius 1 is 0.361 bits per heavy atom. The van der Waals surface area contributed by atoms with Crippen LogP contribution in [0, 0.1) is 0 Å². The molecule has 0 aliphatic heterocycles. The summed E-state index contributed by atoms with van der Waals surface area (Å²) in [7, 11) is 0. The van der Waals surface area contributed by atoms with Crippen LogP contribution >= 0.6 is 22.9 Å². The highest BCUT2D eigenvalue weighted by molar-refractivity contribution is 7.20. The lowest BCUT2D eigenvalue weighted by Crippen LogP contribution is -1.86. The standard InChI is InChI=1S/C34H23ClS/c35-30-18-10-17-29(23-30)24-19-21-28(22-20-24)34-32(26-13-6-2-7-14-26)31(25-11-4-1-5-12-25)33(36-34)27-15-8-3-9-16-27/h1-23H. The Labute approximate surface area is 221 Å². The molecule has 0 amide bonds. The fraction of sp³-hybridized carbons (Fsp3) is 0. The fourth-order valence-electron chi connectivity index (χ4n) is 4.67. The number of hydrogen-bond acceptors (Lipinski definition) is 1. The number of rotatable bonds is 5. The molecule has 36 heavy (non-hydrogen) atoms. The van der Waals surface area contributed by atoms with E-state index in [1.165, 1.54) is 43.1 Å². The molecule has 0 saturated heterocycles. The van der Waals surface area contributed by atoms with Gasteiger partial charge in [-0.15, -0.1) is 11.3 Å². The summed E-state index contributed by atoms with van der Waals surface area (Å²) in [5, 5.41) is 0.751. The van der Waals surface area contributed by atoms with Crippen molar-refractivity contribution in [3.8, 4) is 54.3 Å². The molecule has 1 aromatic heterocycles. The van der Waals surface area contributed by atoms with Gasteiger partial charge in [0.05, 0.1) is 0 Å². The molecule has 0 saturated carbocycles. The van der Waals surface area contributed by atoms with E-state index in [9.17, 15) is 0 Å². The van der Waals surface area contributed by atoms with Crippen LogP contribution in [0.25, 0.3) is 54.3 Å². The highest BCUT2D eigenvalue weighted by atomic mass is 35.5. The normalized spacial score (nSPS) is 10.9. The average Bonchev–Trinajstić information content (AvgIpc) is 3.35. The summed E-state index contributed by atoms with van der Waals surface area (Å²) in [5.74, 6) is 0. The third kappa shape index (κ3) is 4.40. The van der Waals surface area contributed by atoms with E-state index >= 15 is 0 Å². The van der Waals surface area contributed by atoms with Crippen molar-refractivity contribution in [3.05, 3.63) is 145 Å². The first-order chi connectivity index (χ1) is 17.8. The summed E-state index contributed by atoms with van der Waals surface area (Å²) >= 11 is 8.11. The van der Waals surface area contributed by atoms with Crippen molar-refractivity contribution >= 4 is 22.9 Å². The van der Waals surface area contributed by atoms with Crippen LogP contribution in [0.4, 0.5) is 0 Å². The molecule has 0 radical (unpaired) electrons. The highest BCUT2D eigenvalue weighted by Crippen LogP contribution is 2.52. The summed E-state index contributed by atoms with van der Waals surface area (Å²) in [4.78, 5) is 2.56. The number of thiophene rings is 1. The molecule has 0 bridgehead atoms. The van der Waals surface area contributed by atoms with Crippen molar-refractivity contribution in [2.24, 2.45) is 0 Å². The zero-order chi connectivity index (χ0) is 24.3. The van der Waals surface area contributed by atoms with Gasteiger partial charge in [-0.05, 0) is 45.5 Å². The Morgan fingerprint density at radius 2 is 0.778 bits per heavy atom. The molecule has 0 unspecified atom stereocenters. The Bertz CT molecular complexity index is 1600. The third-order valence-corrected chi connectivity index (χ3v) is 7.90. The van der Waals surface area contributed by atoms with Crippen LogP contribution < -0.4 is 0 Å². The summed E-state index contributed by atoms with van der Waals surface area (Å²) < 4.78 is 0. The molecule has 0 spiro atoms. The molecular weight excluding hydrogens is 476 g/mol. The van der Waals surface area contributed by atoms with Crippen LogP contribution in [0.1, 0.15) is 0 Å². The van der Waals surface area contributed by atoms with E-state index in [0.717, 1.165) is 16.1 Å². The van der Waals surface area contributed by atoms with Crippen LogP contribution in [0.2, 0.25) is 5.02 Å². The van der Waals surface area contributed by atoms with E-state index in [2.05, 4.69) is 121 Å². The number of halogens is 1. The molecule has 2 heteroatoms. The van der Waals surface area contributed by atoms with E-state index in [1.54, 1.807) is 0 Å². The minimum atomic E-state index is 0.751. The smallest absolute Gasteiger partial charge is 0.0434 e. The Morgan fingerprint density at radius 3 is 1.28 bits per heavy atom. The van der Waals surface area contributed by atoms with Gasteiger partial charge in [0, 0.05) is 25.9 Å². The zero-order valence-corrected chi connectivity index (χ0v) is 21.1. The maximum absolute atomic E-state index is 6.25. The zero-order valence-electron chi connectivity index (χ0n) is 19.6. The van der Waals surface area contributed by atoms with Gasteiger partial charge in [-0.1, -0.05) is 139 Å². The van der Waals surface area contributed by atoms with Crippen molar-refractivity contribution in [2.75, 3.05) is 0 Å². The lowest BCUT2D eigenvalue weighted by molar-refractivity contribution is 1.60. The van der Waals surface area contributed by atoms with Crippen molar-refractivity contribution < 1.29 is 0 Å². The first kappa shape index (κ1) is 22.5. The first-order valence-corrected chi connectivity index (χ1v) is 13.2. The van der Waals surface area contributed by atoms with Crippen LogP contribution in [-0.2, 0) is 0 Å². The molecular formula is C34H23ClS. The lowest BCUT2D eigenvalue weighted by atomic mass is 9.91. The van der Waals surface area contributed by atoms with Gasteiger partial charge in [-0.3, -0.25) is 0 Å². The van der Waals surface area contributed by atoms with Crippen LogP contribution in [0.3, 0.4) is 0 Å². The molecule has 0 atom stereocenters. The van der Waals surface area contributed by atoms with E-state index < -0.39 is 0 Å². The Balaban J connectivity index is 1.59. The molecule has 0 aliphatic rings. The second-order valence-corrected chi connectivity index (χ2v) is 10.2. The predicted octanol–water partition coefficient (Wildman–Crippen LogP) is 10.7. The van der Waals surface area contributed by atoms with Gasteiger partial charge in [-0.2, -0.15) is 0 Å². The summed E-state index contributed by atoms with van der Waals surface area (Å²) in [6, 6.07) is 49.1. The van der Waals surface area contributed by atoms with Gasteiger partial charge in [-0.25, -0.2) is 0 Å². The lowest BCUT2D eigenvalue weighted by Gasteiger charge is -2.11. The largest absolute Gasteiger partial charge is 0.134 e. The second-order valence-electron chi connectivity index (χ2n) is 8.70. The average molecular weight is 499 g/mol. The van der Waals surface area contributed by atoms with Crippen molar-refractivity contribution in [2.45, 2.75) is 0 Å².